The van der Waals surface area contributed by atoms with Crippen molar-refractivity contribution in [1.82, 2.24) is 40.7 Å². The number of tetrazole rings is 1. The molecule has 9 heteroatoms. The predicted molar refractivity (Wildman–Crippen MR) is 94.0 cm³/mol. The van der Waals surface area contributed by atoms with Gasteiger partial charge in [0.05, 0.1) is 17.8 Å². The first-order valence-electron chi connectivity index (χ1n) is 8.04. The van der Waals surface area contributed by atoms with Crippen molar-refractivity contribution >= 4 is 16.9 Å². The molecule has 0 aliphatic heterocycles. The lowest BCUT2D eigenvalue weighted by atomic mass is 10.0. The minimum Gasteiger partial charge on any atom is -0.334 e. The molecule has 1 unspecified atom stereocenters. The van der Waals surface area contributed by atoms with E-state index in [2.05, 4.69) is 35.8 Å². The second-order valence-electron chi connectivity index (χ2n) is 5.95. The van der Waals surface area contributed by atoms with Crippen molar-refractivity contribution in [3.05, 3.63) is 53.9 Å². The van der Waals surface area contributed by atoms with Gasteiger partial charge in [-0.2, -0.15) is 10.3 Å². The summed E-state index contributed by atoms with van der Waals surface area (Å²) in [4.78, 5) is 18.9. The number of aromatic nitrogens is 7. The predicted octanol–water partition coefficient (Wildman–Crippen LogP) is 1.97. The molecule has 2 N–H and O–H groups in total. The van der Waals surface area contributed by atoms with E-state index in [1.165, 1.54) is 0 Å². The van der Waals surface area contributed by atoms with Crippen LogP contribution in [0.15, 0.2) is 42.6 Å². The maximum atomic E-state index is 12.8. The van der Waals surface area contributed by atoms with E-state index in [0.29, 0.717) is 17.0 Å². The minimum absolute atomic E-state index is 0.156. The van der Waals surface area contributed by atoms with Gasteiger partial charge in [-0.15, -0.1) is 10.2 Å². The van der Waals surface area contributed by atoms with Crippen LogP contribution in [0.25, 0.3) is 22.4 Å². The lowest BCUT2D eigenvalue weighted by molar-refractivity contribution is 0.0737. The van der Waals surface area contributed by atoms with E-state index in [1.807, 2.05) is 31.2 Å². The second-order valence-corrected chi connectivity index (χ2v) is 5.95. The molecule has 4 rings (SSSR count). The average molecular weight is 348 g/mol. The second kappa shape index (κ2) is 6.36. The fourth-order valence-corrected chi connectivity index (χ4v) is 2.75. The first-order valence-corrected chi connectivity index (χ1v) is 8.04. The van der Waals surface area contributed by atoms with Crippen molar-refractivity contribution < 1.29 is 4.79 Å². The zero-order valence-electron chi connectivity index (χ0n) is 14.2. The number of carbonyl (C=O) groups excluding carboxylic acids is 1. The van der Waals surface area contributed by atoms with Gasteiger partial charge in [-0.05, 0) is 35.9 Å². The number of nitrogens with one attached hydrogen (secondary N) is 2. The summed E-state index contributed by atoms with van der Waals surface area (Å²) in [7, 11) is 1.76. The topological polar surface area (TPSA) is 116 Å². The van der Waals surface area contributed by atoms with Gasteiger partial charge in [-0.3, -0.25) is 9.89 Å². The smallest absolute Gasteiger partial charge is 0.272 e. The van der Waals surface area contributed by atoms with Crippen LogP contribution in [-0.2, 0) is 0 Å². The Labute approximate surface area is 148 Å². The molecule has 0 fully saturated rings. The molecule has 0 saturated heterocycles. The SMILES string of the molecule is CC(c1cccc(-c2nn[nH]n2)c1)N(C)C(=O)c1ccc2[nH]ncc2n1. The summed E-state index contributed by atoms with van der Waals surface area (Å²) in [6.07, 6.45) is 1.60. The Morgan fingerprint density at radius 1 is 1.23 bits per heavy atom. The zero-order valence-corrected chi connectivity index (χ0v) is 14.2. The van der Waals surface area contributed by atoms with E-state index in [-0.39, 0.29) is 11.9 Å². The highest BCUT2D eigenvalue weighted by Crippen LogP contribution is 2.24. The molecule has 1 amide bonds. The molecule has 4 aromatic rings. The van der Waals surface area contributed by atoms with Crippen molar-refractivity contribution in [2.24, 2.45) is 0 Å². The van der Waals surface area contributed by atoms with Gasteiger partial charge in [0, 0.05) is 12.6 Å². The number of hydrogen-bond acceptors (Lipinski definition) is 6. The van der Waals surface area contributed by atoms with Crippen LogP contribution < -0.4 is 0 Å². The van der Waals surface area contributed by atoms with Crippen LogP contribution in [0.4, 0.5) is 0 Å². The molecule has 0 aliphatic carbocycles. The molecule has 1 aromatic carbocycles. The first-order chi connectivity index (χ1) is 12.6. The Kier molecular flexibility index (Phi) is 3.88. The van der Waals surface area contributed by atoms with E-state index < -0.39 is 0 Å². The number of rotatable bonds is 4. The molecule has 9 nitrogen and oxygen atoms in total. The number of hydrogen-bond donors (Lipinski definition) is 2. The zero-order chi connectivity index (χ0) is 18.1. The van der Waals surface area contributed by atoms with Crippen molar-refractivity contribution in [3.63, 3.8) is 0 Å². The number of pyridine rings is 1. The largest absolute Gasteiger partial charge is 0.334 e. The Bertz CT molecular complexity index is 1060. The van der Waals surface area contributed by atoms with E-state index >= 15 is 0 Å². The van der Waals surface area contributed by atoms with Crippen molar-refractivity contribution in [1.29, 1.82) is 0 Å². The van der Waals surface area contributed by atoms with Crippen LogP contribution in [0.3, 0.4) is 0 Å². The van der Waals surface area contributed by atoms with Crippen LogP contribution >= 0.6 is 0 Å². The number of nitrogens with zero attached hydrogens (tertiary/aromatic N) is 6. The van der Waals surface area contributed by atoms with Crippen LogP contribution in [0, 0.1) is 0 Å². The maximum Gasteiger partial charge on any atom is 0.272 e. The van der Waals surface area contributed by atoms with Gasteiger partial charge in [0.25, 0.3) is 5.91 Å². The van der Waals surface area contributed by atoms with Crippen molar-refractivity contribution in [2.45, 2.75) is 13.0 Å². The van der Waals surface area contributed by atoms with Crippen LogP contribution in [-0.4, -0.2) is 53.7 Å². The van der Waals surface area contributed by atoms with Gasteiger partial charge >= 0.3 is 0 Å². The summed E-state index contributed by atoms with van der Waals surface area (Å²) in [6, 6.07) is 11.1. The summed E-state index contributed by atoms with van der Waals surface area (Å²) < 4.78 is 0. The first kappa shape index (κ1) is 15.9. The lowest BCUT2D eigenvalue weighted by Crippen LogP contribution is -2.30. The van der Waals surface area contributed by atoms with Gasteiger partial charge < -0.3 is 4.90 Å². The molecule has 130 valence electrons. The van der Waals surface area contributed by atoms with Crippen LogP contribution in [0.1, 0.15) is 29.0 Å². The maximum absolute atomic E-state index is 12.8. The highest BCUT2D eigenvalue weighted by Gasteiger charge is 2.21. The number of H-pyrrole nitrogens is 2. The summed E-state index contributed by atoms with van der Waals surface area (Å²) in [5, 5.41) is 20.8. The number of fused-ring (bicyclic) bond motifs is 1. The average Bonchev–Trinajstić information content (AvgIpc) is 3.37. The van der Waals surface area contributed by atoms with Crippen LogP contribution in [0.5, 0.6) is 0 Å². The summed E-state index contributed by atoms with van der Waals surface area (Å²) in [6.45, 7) is 1.96. The van der Waals surface area contributed by atoms with Gasteiger partial charge in [0.15, 0.2) is 0 Å². The standard InChI is InChI=1S/C17H16N8O/c1-10(11-4-3-5-12(8-11)16-21-23-24-22-16)25(2)17(26)14-7-6-13-15(19-14)9-18-20-13/h3-10H,1-2H3,(H,18,20)(H,21,22,23,24). The number of amides is 1. The Hall–Kier alpha value is -3.62. The number of benzene rings is 1. The third-order valence-corrected chi connectivity index (χ3v) is 4.39. The fourth-order valence-electron chi connectivity index (χ4n) is 2.75. The molecule has 0 spiro atoms. The quantitative estimate of drug-likeness (QED) is 0.582. The minimum atomic E-state index is -0.162. The summed E-state index contributed by atoms with van der Waals surface area (Å²) in [5.41, 5.74) is 3.64. The Balaban J connectivity index is 1.60. The van der Waals surface area contributed by atoms with Crippen molar-refractivity contribution in [2.75, 3.05) is 7.05 Å². The van der Waals surface area contributed by atoms with E-state index in [1.54, 1.807) is 30.3 Å². The molecule has 26 heavy (non-hydrogen) atoms. The van der Waals surface area contributed by atoms with Gasteiger partial charge in [-0.1, -0.05) is 18.2 Å². The lowest BCUT2D eigenvalue weighted by Gasteiger charge is -2.25. The number of carbonyl (C=O) groups is 1. The van der Waals surface area contributed by atoms with E-state index in [9.17, 15) is 4.79 Å². The molecule has 0 saturated carbocycles. The fraction of sp³-hybridized carbons (Fsp3) is 0.176. The monoisotopic (exact) mass is 348 g/mol. The molecular formula is C17H16N8O. The van der Waals surface area contributed by atoms with Gasteiger partial charge in [-0.25, -0.2) is 4.98 Å². The van der Waals surface area contributed by atoms with Gasteiger partial charge in [0.1, 0.15) is 11.2 Å². The molecule has 3 heterocycles. The number of aromatic amines is 2. The summed E-state index contributed by atoms with van der Waals surface area (Å²) >= 11 is 0. The Morgan fingerprint density at radius 3 is 2.92 bits per heavy atom. The highest BCUT2D eigenvalue weighted by atomic mass is 16.2. The molecular weight excluding hydrogens is 332 g/mol. The van der Waals surface area contributed by atoms with Gasteiger partial charge in [0.2, 0.25) is 5.82 Å². The third-order valence-electron chi connectivity index (χ3n) is 4.39. The Morgan fingerprint density at radius 2 is 2.12 bits per heavy atom. The van der Waals surface area contributed by atoms with Crippen LogP contribution in [0.2, 0.25) is 0 Å². The molecule has 1 atom stereocenters. The van der Waals surface area contributed by atoms with E-state index in [4.69, 9.17) is 0 Å². The molecule has 0 bridgehead atoms. The van der Waals surface area contributed by atoms with E-state index in [0.717, 1.165) is 16.6 Å². The third kappa shape index (κ3) is 2.79. The highest BCUT2D eigenvalue weighted by molar-refractivity contribution is 5.94. The molecule has 0 aliphatic rings. The summed E-state index contributed by atoms with van der Waals surface area (Å²) in [5.74, 6) is 0.352. The molecule has 0 radical (unpaired) electrons. The normalized spacial score (nSPS) is 12.2. The van der Waals surface area contributed by atoms with Crippen molar-refractivity contribution in [3.8, 4) is 11.4 Å². The molecule has 3 aromatic heterocycles.